The lowest BCUT2D eigenvalue weighted by atomic mass is 10.0. The molecule has 2 aliphatic rings. The van der Waals surface area contributed by atoms with Crippen molar-refractivity contribution in [3.63, 3.8) is 0 Å². The smallest absolute Gasteiger partial charge is 0.320 e. The van der Waals surface area contributed by atoms with Gasteiger partial charge in [0.2, 0.25) is 0 Å². The molecule has 19 heavy (non-hydrogen) atoms. The van der Waals surface area contributed by atoms with E-state index in [1.165, 1.54) is 0 Å². The molecule has 2 N–H and O–H groups in total. The molecule has 0 aromatic rings. The Balaban J connectivity index is 1.85. The molecule has 2 heterocycles. The summed E-state index contributed by atoms with van der Waals surface area (Å²) in [6.45, 7) is 2.99. The Morgan fingerprint density at radius 3 is 2.95 bits per heavy atom. The van der Waals surface area contributed by atoms with E-state index in [-0.39, 0.29) is 24.0 Å². The number of nitrogens with zero attached hydrogens (tertiary/aromatic N) is 2. The van der Waals surface area contributed by atoms with Gasteiger partial charge in [-0.05, 0) is 26.8 Å². The molecule has 0 aromatic carbocycles. The zero-order valence-corrected chi connectivity index (χ0v) is 11.7. The molecule has 0 unspecified atom stereocenters. The molecule has 2 saturated heterocycles. The fourth-order valence-electron chi connectivity index (χ4n) is 2.50. The first-order valence-electron chi connectivity index (χ1n) is 6.67. The molecule has 2 aliphatic heterocycles. The predicted molar refractivity (Wildman–Crippen MR) is 69.3 cm³/mol. The van der Waals surface area contributed by atoms with Crippen LogP contribution in [0.1, 0.15) is 19.8 Å². The number of piperidine rings is 1. The molecule has 108 valence electrons. The summed E-state index contributed by atoms with van der Waals surface area (Å²) < 4.78 is 0. The summed E-state index contributed by atoms with van der Waals surface area (Å²) in [6, 6.07) is -0.0535. The lowest BCUT2D eigenvalue weighted by molar-refractivity contribution is -0.139. The van der Waals surface area contributed by atoms with Crippen LogP contribution >= 0.6 is 0 Å². The van der Waals surface area contributed by atoms with E-state index >= 15 is 0 Å². The Morgan fingerprint density at radius 2 is 2.26 bits per heavy atom. The van der Waals surface area contributed by atoms with Gasteiger partial charge in [-0.2, -0.15) is 0 Å². The van der Waals surface area contributed by atoms with E-state index in [0.717, 1.165) is 6.42 Å². The monoisotopic (exact) mass is 270 g/mol. The maximum Gasteiger partial charge on any atom is 0.320 e. The molecular weight excluding hydrogens is 248 g/mol. The minimum atomic E-state index is -0.404. The highest BCUT2D eigenvalue weighted by Gasteiger charge is 2.45. The average Bonchev–Trinajstić information content (AvgIpc) is 2.63. The Bertz CT molecular complexity index is 363. The number of nitrogens with one attached hydrogen (secondary N) is 2. The summed E-state index contributed by atoms with van der Waals surface area (Å²) in [5.41, 5.74) is 2.44. The summed E-state index contributed by atoms with van der Waals surface area (Å²) in [5.74, 6) is -0.231. The highest BCUT2D eigenvalue weighted by Crippen LogP contribution is 2.28. The molecule has 7 nitrogen and oxygen atoms in total. The largest absolute Gasteiger partial charge is 0.323 e. The van der Waals surface area contributed by atoms with E-state index in [1.54, 1.807) is 16.8 Å². The minimum Gasteiger partial charge on any atom is -0.323 e. The van der Waals surface area contributed by atoms with Gasteiger partial charge >= 0.3 is 6.03 Å². The van der Waals surface area contributed by atoms with Crippen LogP contribution in [0, 0.1) is 0 Å². The number of hydrogen-bond acceptors (Lipinski definition) is 4. The quantitative estimate of drug-likeness (QED) is 0.663. The van der Waals surface area contributed by atoms with Gasteiger partial charge in [-0.25, -0.2) is 10.3 Å². The van der Waals surface area contributed by atoms with Crippen molar-refractivity contribution in [2.75, 3.05) is 27.2 Å². The molecule has 0 radical (unpaired) electrons. The number of rotatable bonds is 5. The minimum absolute atomic E-state index is 0.0637. The molecule has 2 fully saturated rings. The van der Waals surface area contributed by atoms with Crippen LogP contribution in [0.25, 0.3) is 0 Å². The second-order valence-electron chi connectivity index (χ2n) is 5.26. The normalized spacial score (nSPS) is 27.6. The van der Waals surface area contributed by atoms with Gasteiger partial charge in [0.05, 0.1) is 12.6 Å². The topological polar surface area (TPSA) is 73.9 Å². The van der Waals surface area contributed by atoms with Gasteiger partial charge < -0.3 is 15.1 Å². The van der Waals surface area contributed by atoms with E-state index in [0.29, 0.717) is 19.6 Å². The summed E-state index contributed by atoms with van der Waals surface area (Å²) in [6.07, 6.45) is 1.56. The van der Waals surface area contributed by atoms with E-state index in [9.17, 15) is 9.59 Å². The highest BCUT2D eigenvalue weighted by atomic mass is 16.7. The van der Waals surface area contributed by atoms with Crippen LogP contribution in [0.5, 0.6) is 0 Å². The van der Waals surface area contributed by atoms with Gasteiger partial charge in [0.1, 0.15) is 6.04 Å². The van der Waals surface area contributed by atoms with Crippen LogP contribution in [0.3, 0.4) is 0 Å². The molecule has 3 amide bonds. The summed E-state index contributed by atoms with van der Waals surface area (Å²) >= 11 is 0. The van der Waals surface area contributed by atoms with Crippen molar-refractivity contribution in [3.8, 4) is 0 Å². The lowest BCUT2D eigenvalue weighted by Crippen LogP contribution is -2.50. The maximum atomic E-state index is 12.0. The fourth-order valence-corrected chi connectivity index (χ4v) is 2.50. The van der Waals surface area contributed by atoms with Gasteiger partial charge in [0, 0.05) is 19.6 Å². The van der Waals surface area contributed by atoms with Crippen LogP contribution < -0.4 is 10.8 Å². The van der Waals surface area contributed by atoms with E-state index in [4.69, 9.17) is 4.84 Å². The van der Waals surface area contributed by atoms with E-state index in [1.807, 2.05) is 14.0 Å². The van der Waals surface area contributed by atoms with Crippen molar-refractivity contribution < 1.29 is 14.4 Å². The Labute approximate surface area is 113 Å². The van der Waals surface area contributed by atoms with Crippen LogP contribution in [-0.4, -0.2) is 67.1 Å². The first-order valence-corrected chi connectivity index (χ1v) is 6.67. The first kappa shape index (κ1) is 14.1. The number of carbonyl (C=O) groups is 2. The summed E-state index contributed by atoms with van der Waals surface area (Å²) in [5, 5.41) is 3.01. The Morgan fingerprint density at radius 1 is 1.53 bits per heavy atom. The molecule has 0 aromatic heterocycles. The number of carbonyl (C=O) groups excluding carboxylic acids is 2. The third-order valence-corrected chi connectivity index (χ3v) is 3.95. The van der Waals surface area contributed by atoms with Crippen molar-refractivity contribution in [2.45, 2.75) is 37.9 Å². The van der Waals surface area contributed by atoms with Gasteiger partial charge in [-0.1, -0.05) is 0 Å². The first-order chi connectivity index (χ1) is 9.04. The number of hydrogen-bond donors (Lipinski definition) is 2. The van der Waals surface area contributed by atoms with Crippen LogP contribution in [0.2, 0.25) is 0 Å². The average molecular weight is 270 g/mol. The third kappa shape index (κ3) is 2.82. The van der Waals surface area contributed by atoms with Crippen molar-refractivity contribution in [2.24, 2.45) is 0 Å². The zero-order valence-electron chi connectivity index (χ0n) is 11.7. The molecule has 0 aliphatic carbocycles. The molecule has 0 saturated carbocycles. The van der Waals surface area contributed by atoms with E-state index in [2.05, 4.69) is 10.8 Å². The molecular formula is C12H22N4O3. The molecule has 2 bridgehead atoms. The van der Waals surface area contributed by atoms with Crippen LogP contribution in [0.4, 0.5) is 4.79 Å². The zero-order chi connectivity index (χ0) is 14.0. The fraction of sp³-hybridized carbons (Fsp3) is 0.833. The van der Waals surface area contributed by atoms with Crippen molar-refractivity contribution in [3.05, 3.63) is 0 Å². The standard InChI is InChI=1S/C12H22N4O3/c1-8(13-2)7-19-14-11(17)10-5-4-9-6-16(10)12(18)15(9)3/h8-10,13H,4-7H2,1-3H3,(H,14,17)/t8-,9+,10-/m0/s1. The number of likely N-dealkylation sites (N-methyl/N-ethyl adjacent to an activating group) is 2. The third-order valence-electron chi connectivity index (χ3n) is 3.95. The van der Waals surface area contributed by atoms with Crippen LogP contribution in [0.15, 0.2) is 0 Å². The van der Waals surface area contributed by atoms with Crippen molar-refractivity contribution in [1.82, 2.24) is 20.6 Å². The maximum absolute atomic E-state index is 12.0. The Kier molecular flexibility index (Phi) is 4.26. The van der Waals surface area contributed by atoms with Gasteiger partial charge in [0.15, 0.2) is 0 Å². The molecule has 7 heteroatoms. The molecule has 3 atom stereocenters. The predicted octanol–water partition coefficient (Wildman–Crippen LogP) is -0.459. The molecule has 0 spiro atoms. The van der Waals surface area contributed by atoms with Gasteiger partial charge in [-0.3, -0.25) is 9.63 Å². The SMILES string of the molecule is CN[C@@H](C)CONC(=O)[C@@H]1CC[C@@H]2CN1C(=O)N2C. The van der Waals surface area contributed by atoms with Crippen LogP contribution in [-0.2, 0) is 9.63 Å². The number of urea groups is 1. The number of fused-ring (bicyclic) bond motifs is 2. The van der Waals surface area contributed by atoms with Gasteiger partial charge in [0.25, 0.3) is 5.91 Å². The lowest BCUT2D eigenvalue weighted by Gasteiger charge is -2.29. The second-order valence-corrected chi connectivity index (χ2v) is 5.26. The highest BCUT2D eigenvalue weighted by molar-refractivity contribution is 5.88. The van der Waals surface area contributed by atoms with Crippen molar-refractivity contribution >= 4 is 11.9 Å². The molecule has 2 rings (SSSR count). The van der Waals surface area contributed by atoms with E-state index < -0.39 is 6.04 Å². The Hall–Kier alpha value is -1.34. The van der Waals surface area contributed by atoms with Crippen molar-refractivity contribution in [1.29, 1.82) is 0 Å². The summed E-state index contributed by atoms with van der Waals surface area (Å²) in [7, 11) is 3.62. The second kappa shape index (κ2) is 5.75. The summed E-state index contributed by atoms with van der Waals surface area (Å²) in [4.78, 5) is 32.5. The number of amides is 3. The van der Waals surface area contributed by atoms with Gasteiger partial charge in [-0.15, -0.1) is 0 Å². The number of hydroxylamine groups is 1.